The second kappa shape index (κ2) is 11.7. The maximum absolute atomic E-state index is 12.7. The van der Waals surface area contributed by atoms with E-state index in [1.54, 1.807) is 42.5 Å². The minimum atomic E-state index is -3.75. The van der Waals surface area contributed by atoms with Crippen molar-refractivity contribution in [1.82, 2.24) is 5.43 Å². The molecule has 11 heteroatoms. The number of carbonyl (C=O) groups is 1. The van der Waals surface area contributed by atoms with E-state index in [1.807, 2.05) is 0 Å². The van der Waals surface area contributed by atoms with Crippen LogP contribution in [-0.2, 0) is 14.8 Å². The first-order chi connectivity index (χ1) is 15.6. The Balaban J connectivity index is 2.19. The summed E-state index contributed by atoms with van der Waals surface area (Å²) in [6.45, 7) is 5.40. The molecule has 9 nitrogen and oxygen atoms in total. The third kappa shape index (κ3) is 6.96. The van der Waals surface area contributed by atoms with Crippen molar-refractivity contribution in [2.45, 2.75) is 13.0 Å². The summed E-state index contributed by atoms with van der Waals surface area (Å²) in [5.41, 5.74) is 3.33. The maximum Gasteiger partial charge on any atom is 0.263 e. The minimum Gasteiger partial charge on any atom is -0.497 e. The van der Waals surface area contributed by atoms with Crippen LogP contribution in [0.2, 0.25) is 0 Å². The molecule has 0 bridgehead atoms. The highest BCUT2D eigenvalue weighted by molar-refractivity contribution is 9.10. The van der Waals surface area contributed by atoms with Gasteiger partial charge in [-0.1, -0.05) is 12.7 Å². The van der Waals surface area contributed by atoms with Crippen molar-refractivity contribution >= 4 is 43.8 Å². The number of halogens is 1. The lowest BCUT2D eigenvalue weighted by molar-refractivity contribution is -0.121. The van der Waals surface area contributed by atoms with Crippen LogP contribution in [0.1, 0.15) is 12.5 Å². The molecule has 0 fully saturated rings. The predicted octanol–water partition coefficient (Wildman–Crippen LogP) is 3.34. The van der Waals surface area contributed by atoms with Gasteiger partial charge in [-0.2, -0.15) is 5.10 Å². The maximum atomic E-state index is 12.7. The Hall–Kier alpha value is -3.05. The molecular formula is C22H26BrN3O6S. The molecule has 0 spiro atoms. The van der Waals surface area contributed by atoms with Crippen molar-refractivity contribution in [2.75, 3.05) is 31.4 Å². The fourth-order valence-electron chi connectivity index (χ4n) is 2.90. The summed E-state index contributed by atoms with van der Waals surface area (Å²) in [4.78, 5) is 12.7. The topological polar surface area (TPSA) is 107 Å². The summed E-state index contributed by atoms with van der Waals surface area (Å²) in [7, 11) is -0.737. The molecule has 0 aromatic heterocycles. The van der Waals surface area contributed by atoms with Gasteiger partial charge in [-0.15, -0.1) is 0 Å². The van der Waals surface area contributed by atoms with Gasteiger partial charge in [-0.05, 0) is 64.8 Å². The van der Waals surface area contributed by atoms with Gasteiger partial charge in [0.25, 0.3) is 5.91 Å². The summed E-state index contributed by atoms with van der Waals surface area (Å²) in [6.07, 6.45) is 4.06. The SMILES string of the molecule is C=CCOc1c(Br)cc(/C=N\NC(=O)[C@H](C)N(c2ccc(OC)cc2)S(C)(=O)=O)cc1OC. The van der Waals surface area contributed by atoms with E-state index >= 15 is 0 Å². The molecule has 0 saturated heterocycles. The lowest BCUT2D eigenvalue weighted by atomic mass is 10.2. The fraction of sp³-hybridized carbons (Fsp3) is 0.273. The summed E-state index contributed by atoms with van der Waals surface area (Å²) in [6, 6.07) is 8.72. The van der Waals surface area contributed by atoms with Gasteiger partial charge < -0.3 is 14.2 Å². The Morgan fingerprint density at radius 1 is 1.24 bits per heavy atom. The van der Waals surface area contributed by atoms with Gasteiger partial charge in [0.2, 0.25) is 10.0 Å². The number of hydrazone groups is 1. The first-order valence-corrected chi connectivity index (χ1v) is 12.3. The first kappa shape index (κ1) is 26.2. The van der Waals surface area contributed by atoms with Crippen LogP contribution >= 0.6 is 15.9 Å². The van der Waals surface area contributed by atoms with E-state index in [-0.39, 0.29) is 0 Å². The molecule has 0 aliphatic rings. The third-order valence-corrected chi connectivity index (χ3v) is 6.23. The average Bonchev–Trinajstić information content (AvgIpc) is 2.77. The van der Waals surface area contributed by atoms with Gasteiger partial charge in [0.05, 0.1) is 36.9 Å². The van der Waals surface area contributed by atoms with Crippen LogP contribution in [0.25, 0.3) is 0 Å². The average molecular weight is 540 g/mol. The molecule has 0 heterocycles. The Labute approximate surface area is 202 Å². The quantitative estimate of drug-likeness (QED) is 0.266. The third-order valence-electron chi connectivity index (χ3n) is 4.40. The van der Waals surface area contributed by atoms with E-state index in [4.69, 9.17) is 14.2 Å². The molecule has 0 aliphatic carbocycles. The number of ether oxygens (including phenoxy) is 3. The van der Waals surface area contributed by atoms with E-state index in [1.165, 1.54) is 27.4 Å². The summed E-state index contributed by atoms with van der Waals surface area (Å²) in [5, 5.41) is 3.96. The van der Waals surface area contributed by atoms with Crippen LogP contribution < -0.4 is 23.9 Å². The molecule has 0 radical (unpaired) electrons. The smallest absolute Gasteiger partial charge is 0.263 e. The van der Waals surface area contributed by atoms with Gasteiger partial charge in [0.15, 0.2) is 11.5 Å². The number of nitrogens with one attached hydrogen (secondary N) is 1. The molecule has 0 aliphatic heterocycles. The Bertz CT molecular complexity index is 1120. The van der Waals surface area contributed by atoms with Crippen LogP contribution in [0, 0.1) is 0 Å². The molecule has 1 atom stereocenters. The van der Waals surface area contributed by atoms with Crippen molar-refractivity contribution in [3.63, 3.8) is 0 Å². The Morgan fingerprint density at radius 2 is 1.91 bits per heavy atom. The van der Waals surface area contributed by atoms with E-state index < -0.39 is 22.0 Å². The summed E-state index contributed by atoms with van der Waals surface area (Å²) < 4.78 is 42.4. The van der Waals surface area contributed by atoms with Crippen molar-refractivity contribution in [3.8, 4) is 17.2 Å². The predicted molar refractivity (Wildman–Crippen MR) is 132 cm³/mol. The van der Waals surface area contributed by atoms with Gasteiger partial charge in [-0.25, -0.2) is 13.8 Å². The number of hydrogen-bond donors (Lipinski definition) is 1. The molecular weight excluding hydrogens is 514 g/mol. The number of amides is 1. The fourth-order valence-corrected chi connectivity index (χ4v) is 4.65. The van der Waals surface area contributed by atoms with Crippen molar-refractivity contribution in [1.29, 1.82) is 0 Å². The van der Waals surface area contributed by atoms with Crippen molar-refractivity contribution in [3.05, 3.63) is 59.1 Å². The Kier molecular flexibility index (Phi) is 9.30. The van der Waals surface area contributed by atoms with E-state index in [2.05, 4.69) is 33.0 Å². The number of rotatable bonds is 11. The van der Waals surface area contributed by atoms with E-state index in [0.717, 1.165) is 10.6 Å². The summed E-state index contributed by atoms with van der Waals surface area (Å²) in [5.74, 6) is 0.937. The highest BCUT2D eigenvalue weighted by Gasteiger charge is 2.29. The lowest BCUT2D eigenvalue weighted by Gasteiger charge is -2.27. The Morgan fingerprint density at radius 3 is 2.45 bits per heavy atom. The molecule has 178 valence electrons. The van der Waals surface area contributed by atoms with Gasteiger partial charge in [0, 0.05) is 0 Å². The molecule has 33 heavy (non-hydrogen) atoms. The standard InChI is InChI=1S/C22H26BrN3O6S/c1-6-11-32-21-19(23)12-16(13-20(21)31-4)14-24-25-22(27)15(2)26(33(5,28)29)17-7-9-18(30-3)10-8-17/h6-10,12-15H,1,11H2,2-5H3,(H,25,27)/b24-14-/t15-/m0/s1. The molecule has 2 aromatic carbocycles. The van der Waals surface area contributed by atoms with Crippen LogP contribution in [0.15, 0.2) is 58.6 Å². The van der Waals surface area contributed by atoms with Crippen LogP contribution in [0.4, 0.5) is 5.69 Å². The normalized spacial score (nSPS) is 12.2. The largest absolute Gasteiger partial charge is 0.497 e. The number of carbonyl (C=O) groups excluding carboxylic acids is 1. The molecule has 2 rings (SSSR count). The zero-order valence-corrected chi connectivity index (χ0v) is 21.1. The van der Waals surface area contributed by atoms with Crippen LogP contribution in [0.5, 0.6) is 17.2 Å². The van der Waals surface area contributed by atoms with Gasteiger partial charge in [0.1, 0.15) is 18.4 Å². The molecule has 1 N–H and O–H groups in total. The number of nitrogens with zero attached hydrogens (tertiary/aromatic N) is 2. The van der Waals surface area contributed by atoms with Gasteiger partial charge in [-0.3, -0.25) is 9.10 Å². The van der Waals surface area contributed by atoms with Crippen LogP contribution in [-0.4, -0.2) is 53.7 Å². The zero-order valence-electron chi connectivity index (χ0n) is 18.7. The lowest BCUT2D eigenvalue weighted by Crippen LogP contribution is -2.46. The first-order valence-electron chi connectivity index (χ1n) is 9.70. The van der Waals surface area contributed by atoms with Gasteiger partial charge >= 0.3 is 0 Å². The second-order valence-electron chi connectivity index (χ2n) is 6.80. The molecule has 1 amide bonds. The molecule has 2 aromatic rings. The number of benzene rings is 2. The highest BCUT2D eigenvalue weighted by Crippen LogP contribution is 2.36. The minimum absolute atomic E-state index is 0.307. The van der Waals surface area contributed by atoms with Crippen molar-refractivity contribution in [2.24, 2.45) is 5.10 Å². The highest BCUT2D eigenvalue weighted by atomic mass is 79.9. The van der Waals surface area contributed by atoms with E-state index in [0.29, 0.717) is 39.6 Å². The zero-order chi connectivity index (χ0) is 24.6. The number of hydrogen-bond acceptors (Lipinski definition) is 7. The number of methoxy groups -OCH3 is 2. The molecule has 0 saturated carbocycles. The second-order valence-corrected chi connectivity index (χ2v) is 9.51. The number of anilines is 1. The molecule has 0 unspecified atom stereocenters. The number of sulfonamides is 1. The van der Waals surface area contributed by atoms with E-state index in [9.17, 15) is 13.2 Å². The summed E-state index contributed by atoms with van der Waals surface area (Å²) >= 11 is 3.42. The van der Waals surface area contributed by atoms with Crippen molar-refractivity contribution < 1.29 is 27.4 Å². The monoisotopic (exact) mass is 539 g/mol. The van der Waals surface area contributed by atoms with Crippen LogP contribution in [0.3, 0.4) is 0 Å².